The van der Waals surface area contributed by atoms with Gasteiger partial charge in [-0.2, -0.15) is 0 Å². The van der Waals surface area contributed by atoms with E-state index in [0.717, 1.165) is 0 Å². The number of rotatable bonds is 4. The van der Waals surface area contributed by atoms with Crippen molar-refractivity contribution in [3.05, 3.63) is 18.2 Å². The molecule has 0 aliphatic rings. The summed E-state index contributed by atoms with van der Waals surface area (Å²) in [5, 5.41) is 34.9. The van der Waals surface area contributed by atoms with Crippen molar-refractivity contribution in [1.29, 1.82) is 0 Å². The molecule has 0 radical (unpaired) electrons. The van der Waals surface area contributed by atoms with Gasteiger partial charge in [0.1, 0.15) is 11.9 Å². The number of aliphatic hydroxyl groups is 4. The molecule has 1 rings (SSSR count). The maximum Gasteiger partial charge on any atom is 0.275 e. The molecule has 0 saturated heterocycles. The molecule has 0 aliphatic carbocycles. The third kappa shape index (κ3) is 3.51. The van der Waals surface area contributed by atoms with Crippen LogP contribution in [0.2, 0.25) is 0 Å². The highest BCUT2D eigenvalue weighted by atomic mass is 16.7. The van der Waals surface area contributed by atoms with Crippen LogP contribution >= 0.6 is 0 Å². The average Bonchev–Trinajstić information content (AvgIpc) is 2.50. The third-order valence-electron chi connectivity index (χ3n) is 1.59. The summed E-state index contributed by atoms with van der Waals surface area (Å²) in [6.45, 7) is 0. The Bertz CT molecular complexity index is 241. The van der Waals surface area contributed by atoms with Crippen LogP contribution in [0.1, 0.15) is 24.8 Å². The van der Waals surface area contributed by atoms with Crippen molar-refractivity contribution in [2.75, 3.05) is 0 Å². The summed E-state index contributed by atoms with van der Waals surface area (Å²) in [6.07, 6.45) is 1.76. The van der Waals surface area contributed by atoms with Gasteiger partial charge >= 0.3 is 0 Å². The largest absolute Gasteiger partial charge is 0.385 e. The second-order valence-electron chi connectivity index (χ2n) is 2.80. The van der Waals surface area contributed by atoms with Crippen molar-refractivity contribution < 1.29 is 20.4 Å². The minimum Gasteiger partial charge on any atom is -0.385 e. The Kier molecular flexibility index (Phi) is 2.99. The summed E-state index contributed by atoms with van der Waals surface area (Å²) in [6, 6.07) is 0. The first kappa shape index (κ1) is 10.1. The van der Waals surface area contributed by atoms with Gasteiger partial charge in [0.05, 0.1) is 0 Å². The van der Waals surface area contributed by atoms with Crippen molar-refractivity contribution in [3.8, 4) is 0 Å². The van der Waals surface area contributed by atoms with E-state index >= 15 is 0 Å². The van der Waals surface area contributed by atoms with Gasteiger partial charge in [-0.3, -0.25) is 0 Å². The molecular formula is C7H12N2O4. The summed E-state index contributed by atoms with van der Waals surface area (Å²) in [5.41, 5.74) is 0. The molecule has 1 heterocycles. The van der Waals surface area contributed by atoms with Crippen molar-refractivity contribution in [2.24, 2.45) is 0 Å². The highest BCUT2D eigenvalue weighted by molar-refractivity contribution is 4.91. The minimum atomic E-state index is -2.73. The van der Waals surface area contributed by atoms with Crippen LogP contribution in [0.15, 0.2) is 12.4 Å². The van der Waals surface area contributed by atoms with Crippen LogP contribution in [0.4, 0.5) is 0 Å². The molecule has 0 spiro atoms. The SMILES string of the molecule is OC(CCC(O)(O)O)c1ncc[nH]1. The van der Waals surface area contributed by atoms with Crippen LogP contribution < -0.4 is 0 Å². The normalized spacial score (nSPS) is 14.5. The summed E-state index contributed by atoms with van der Waals surface area (Å²) < 4.78 is 0. The fraction of sp³-hybridized carbons (Fsp3) is 0.571. The smallest absolute Gasteiger partial charge is 0.275 e. The van der Waals surface area contributed by atoms with Crippen LogP contribution in [0.3, 0.4) is 0 Å². The summed E-state index contributed by atoms with van der Waals surface area (Å²) in [4.78, 5) is 6.43. The van der Waals surface area contributed by atoms with E-state index in [-0.39, 0.29) is 12.8 Å². The van der Waals surface area contributed by atoms with Gasteiger partial charge in [0.2, 0.25) is 0 Å². The second kappa shape index (κ2) is 3.84. The fourth-order valence-corrected chi connectivity index (χ4v) is 0.927. The molecule has 1 atom stereocenters. The van der Waals surface area contributed by atoms with E-state index in [1.807, 2.05) is 0 Å². The molecule has 13 heavy (non-hydrogen) atoms. The van der Waals surface area contributed by atoms with Gasteiger partial charge in [-0.25, -0.2) is 4.98 Å². The Morgan fingerprint density at radius 3 is 2.62 bits per heavy atom. The molecule has 0 aromatic carbocycles. The average molecular weight is 188 g/mol. The first-order valence-corrected chi connectivity index (χ1v) is 3.83. The Hall–Kier alpha value is -0.950. The zero-order chi connectivity index (χ0) is 9.90. The van der Waals surface area contributed by atoms with Crippen LogP contribution in [0, 0.1) is 0 Å². The lowest BCUT2D eigenvalue weighted by Gasteiger charge is -2.15. The van der Waals surface area contributed by atoms with Gasteiger partial charge in [0.15, 0.2) is 0 Å². The molecular weight excluding hydrogens is 176 g/mol. The first-order valence-electron chi connectivity index (χ1n) is 3.83. The Morgan fingerprint density at radius 1 is 1.46 bits per heavy atom. The number of nitrogens with one attached hydrogen (secondary N) is 1. The predicted octanol–water partition coefficient (Wildman–Crippen LogP) is -1.15. The molecule has 74 valence electrons. The molecule has 1 unspecified atom stereocenters. The Morgan fingerprint density at radius 2 is 2.15 bits per heavy atom. The molecule has 6 heteroatoms. The zero-order valence-electron chi connectivity index (χ0n) is 6.88. The van der Waals surface area contributed by atoms with E-state index in [2.05, 4.69) is 9.97 Å². The van der Waals surface area contributed by atoms with Crippen molar-refractivity contribution in [3.63, 3.8) is 0 Å². The lowest BCUT2D eigenvalue weighted by atomic mass is 10.1. The monoisotopic (exact) mass is 188 g/mol. The van der Waals surface area contributed by atoms with Crippen LogP contribution in [-0.2, 0) is 0 Å². The Balaban J connectivity index is 2.39. The van der Waals surface area contributed by atoms with Crippen molar-refractivity contribution >= 4 is 0 Å². The molecule has 0 saturated carbocycles. The number of aliphatic hydroxyl groups excluding tert-OH is 1. The standard InChI is InChI=1S/C7H12N2O4/c10-5(1-2-7(11,12)13)6-8-3-4-9-6/h3-5,10-13H,1-2H2,(H,8,9). The van der Waals surface area contributed by atoms with E-state index in [1.165, 1.54) is 6.20 Å². The number of nitrogens with zero attached hydrogens (tertiary/aromatic N) is 1. The highest BCUT2D eigenvalue weighted by Crippen LogP contribution is 2.17. The van der Waals surface area contributed by atoms with Gasteiger partial charge in [-0.1, -0.05) is 0 Å². The number of hydrogen-bond donors (Lipinski definition) is 5. The maximum absolute atomic E-state index is 9.35. The van der Waals surface area contributed by atoms with Crippen LogP contribution in [0.25, 0.3) is 0 Å². The molecule has 0 aliphatic heterocycles. The van der Waals surface area contributed by atoms with Crippen LogP contribution in [0.5, 0.6) is 0 Å². The number of hydrogen-bond acceptors (Lipinski definition) is 5. The Labute approximate surface area is 74.5 Å². The van der Waals surface area contributed by atoms with Crippen molar-refractivity contribution in [1.82, 2.24) is 9.97 Å². The number of H-pyrrole nitrogens is 1. The highest BCUT2D eigenvalue weighted by Gasteiger charge is 2.21. The topological polar surface area (TPSA) is 110 Å². The molecule has 0 amide bonds. The van der Waals surface area contributed by atoms with E-state index in [1.54, 1.807) is 6.20 Å². The fourth-order valence-electron chi connectivity index (χ4n) is 0.927. The molecule has 5 N–H and O–H groups in total. The lowest BCUT2D eigenvalue weighted by Crippen LogP contribution is -2.27. The summed E-state index contributed by atoms with van der Waals surface area (Å²) in [5.74, 6) is -2.39. The van der Waals surface area contributed by atoms with Gasteiger partial charge in [-0.05, 0) is 6.42 Å². The number of aromatic nitrogens is 2. The van der Waals surface area contributed by atoms with E-state index in [9.17, 15) is 5.11 Å². The maximum atomic E-state index is 9.35. The van der Waals surface area contributed by atoms with E-state index in [4.69, 9.17) is 15.3 Å². The molecule has 1 aromatic rings. The first-order chi connectivity index (χ1) is 5.99. The van der Waals surface area contributed by atoms with E-state index < -0.39 is 12.1 Å². The molecule has 6 nitrogen and oxygen atoms in total. The van der Waals surface area contributed by atoms with Crippen molar-refractivity contribution in [2.45, 2.75) is 24.9 Å². The lowest BCUT2D eigenvalue weighted by molar-refractivity contribution is -0.316. The van der Waals surface area contributed by atoms with Gasteiger partial charge in [0.25, 0.3) is 5.97 Å². The quantitative estimate of drug-likeness (QED) is 0.383. The van der Waals surface area contributed by atoms with Gasteiger partial charge in [-0.15, -0.1) is 0 Å². The van der Waals surface area contributed by atoms with E-state index in [0.29, 0.717) is 5.82 Å². The molecule has 0 fully saturated rings. The number of aromatic amines is 1. The van der Waals surface area contributed by atoms with Gasteiger partial charge < -0.3 is 25.4 Å². The minimum absolute atomic E-state index is 0.0109. The zero-order valence-corrected chi connectivity index (χ0v) is 6.88. The third-order valence-corrected chi connectivity index (χ3v) is 1.59. The van der Waals surface area contributed by atoms with Crippen LogP contribution in [-0.4, -0.2) is 36.4 Å². The van der Waals surface area contributed by atoms with Gasteiger partial charge in [0, 0.05) is 18.8 Å². The molecule has 1 aromatic heterocycles. The summed E-state index contributed by atoms with van der Waals surface area (Å²) >= 11 is 0. The summed E-state index contributed by atoms with van der Waals surface area (Å²) in [7, 11) is 0. The predicted molar refractivity (Wildman–Crippen MR) is 42.2 cm³/mol. The second-order valence-corrected chi connectivity index (χ2v) is 2.80. The molecule has 0 bridgehead atoms. The number of imidazole rings is 1.